The number of hydrogen-bond acceptors (Lipinski definition) is 4. The standard InChI is InChI=1S/C22H35N5O2/c1-7-28-12-13-29-21-14-16(2)8-9-19(21)15-25-22(23-5)24-11-10-20-17(3)26-27(6)18(20)4/h8-9,14H,7,10-13,15H2,1-6H3,(H2,23,24,25). The van der Waals surface area contributed by atoms with E-state index in [4.69, 9.17) is 9.47 Å². The number of benzene rings is 1. The SMILES string of the molecule is CCOCCOc1cc(C)ccc1CNC(=NC)NCCc1c(C)nn(C)c1C. The lowest BCUT2D eigenvalue weighted by atomic mass is 10.1. The van der Waals surface area contributed by atoms with Gasteiger partial charge in [-0.25, -0.2) is 0 Å². The van der Waals surface area contributed by atoms with Gasteiger partial charge in [-0.3, -0.25) is 9.67 Å². The molecule has 0 bridgehead atoms. The molecule has 29 heavy (non-hydrogen) atoms. The number of aryl methyl sites for hydroxylation is 3. The smallest absolute Gasteiger partial charge is 0.191 e. The number of guanidine groups is 1. The monoisotopic (exact) mass is 401 g/mol. The molecular formula is C22H35N5O2. The third kappa shape index (κ3) is 6.78. The van der Waals surface area contributed by atoms with Crippen LogP contribution in [0.5, 0.6) is 5.75 Å². The minimum atomic E-state index is 0.543. The lowest BCUT2D eigenvalue weighted by molar-refractivity contribution is 0.110. The molecule has 0 aliphatic rings. The molecule has 2 rings (SSSR count). The van der Waals surface area contributed by atoms with Gasteiger partial charge in [-0.2, -0.15) is 5.10 Å². The van der Waals surface area contributed by atoms with Crippen LogP contribution in [0, 0.1) is 20.8 Å². The Morgan fingerprint density at radius 2 is 1.97 bits per heavy atom. The number of ether oxygens (including phenoxy) is 2. The van der Waals surface area contributed by atoms with Crippen molar-refractivity contribution in [2.45, 2.75) is 40.7 Å². The molecule has 160 valence electrons. The quantitative estimate of drug-likeness (QED) is 0.364. The fourth-order valence-corrected chi connectivity index (χ4v) is 3.18. The molecule has 1 aromatic carbocycles. The van der Waals surface area contributed by atoms with Crippen molar-refractivity contribution in [3.63, 3.8) is 0 Å². The van der Waals surface area contributed by atoms with Gasteiger partial charge in [0.05, 0.1) is 12.3 Å². The minimum Gasteiger partial charge on any atom is -0.491 e. The highest BCUT2D eigenvalue weighted by Gasteiger charge is 2.10. The van der Waals surface area contributed by atoms with Gasteiger partial charge in [0.1, 0.15) is 12.4 Å². The molecule has 0 spiro atoms. The van der Waals surface area contributed by atoms with Gasteiger partial charge in [-0.1, -0.05) is 12.1 Å². The van der Waals surface area contributed by atoms with Crippen LogP contribution in [0.2, 0.25) is 0 Å². The van der Waals surface area contributed by atoms with E-state index >= 15 is 0 Å². The molecule has 1 heterocycles. The molecule has 0 fully saturated rings. The molecule has 0 saturated carbocycles. The highest BCUT2D eigenvalue weighted by atomic mass is 16.5. The van der Waals surface area contributed by atoms with Crippen LogP contribution in [-0.4, -0.2) is 49.2 Å². The maximum Gasteiger partial charge on any atom is 0.191 e. The summed E-state index contributed by atoms with van der Waals surface area (Å²) >= 11 is 0. The third-order valence-corrected chi connectivity index (χ3v) is 4.91. The first kappa shape index (κ1) is 22.7. The highest BCUT2D eigenvalue weighted by molar-refractivity contribution is 5.79. The summed E-state index contributed by atoms with van der Waals surface area (Å²) in [6.07, 6.45) is 0.905. The topological polar surface area (TPSA) is 72.7 Å². The lowest BCUT2D eigenvalue weighted by Gasteiger charge is -2.15. The molecule has 0 amide bonds. The summed E-state index contributed by atoms with van der Waals surface area (Å²) in [6, 6.07) is 6.25. The number of hydrogen-bond donors (Lipinski definition) is 2. The van der Waals surface area contributed by atoms with Crippen molar-refractivity contribution in [3.8, 4) is 5.75 Å². The molecule has 0 unspecified atom stereocenters. The molecule has 0 aliphatic carbocycles. The third-order valence-electron chi connectivity index (χ3n) is 4.91. The van der Waals surface area contributed by atoms with Crippen LogP contribution < -0.4 is 15.4 Å². The van der Waals surface area contributed by atoms with Crippen LogP contribution in [-0.2, 0) is 24.8 Å². The van der Waals surface area contributed by atoms with Crippen molar-refractivity contribution < 1.29 is 9.47 Å². The molecule has 7 heteroatoms. The van der Waals surface area contributed by atoms with Crippen LogP contribution in [0.3, 0.4) is 0 Å². The van der Waals surface area contributed by atoms with Crippen LogP contribution in [0.15, 0.2) is 23.2 Å². The summed E-state index contributed by atoms with van der Waals surface area (Å²) < 4.78 is 13.2. The molecular weight excluding hydrogens is 366 g/mol. The molecule has 0 saturated heterocycles. The van der Waals surface area contributed by atoms with Crippen LogP contribution in [0.25, 0.3) is 0 Å². The van der Waals surface area contributed by atoms with Crippen LogP contribution in [0.1, 0.15) is 35.0 Å². The second-order valence-corrected chi connectivity index (χ2v) is 7.03. The number of nitrogens with zero attached hydrogens (tertiary/aromatic N) is 3. The van der Waals surface area contributed by atoms with E-state index in [2.05, 4.69) is 59.7 Å². The summed E-state index contributed by atoms with van der Waals surface area (Å²) in [6.45, 7) is 11.5. The maximum atomic E-state index is 5.92. The van der Waals surface area contributed by atoms with E-state index in [1.54, 1.807) is 7.05 Å². The van der Waals surface area contributed by atoms with Gasteiger partial charge < -0.3 is 20.1 Å². The van der Waals surface area contributed by atoms with Crippen molar-refractivity contribution in [1.82, 2.24) is 20.4 Å². The number of aromatic nitrogens is 2. The van der Waals surface area contributed by atoms with Crippen molar-refractivity contribution in [2.75, 3.05) is 33.4 Å². The Hall–Kier alpha value is -2.54. The summed E-state index contributed by atoms with van der Waals surface area (Å²) in [4.78, 5) is 4.33. The Balaban J connectivity index is 1.88. The number of rotatable bonds is 10. The Kier molecular flexibility index (Phi) is 8.99. The van der Waals surface area contributed by atoms with Crippen LogP contribution >= 0.6 is 0 Å². The van der Waals surface area contributed by atoms with Crippen molar-refractivity contribution in [2.24, 2.45) is 12.0 Å². The summed E-state index contributed by atoms with van der Waals surface area (Å²) in [5, 5.41) is 11.2. The van der Waals surface area contributed by atoms with Gasteiger partial charge in [0, 0.05) is 45.0 Å². The van der Waals surface area contributed by atoms with Crippen LogP contribution in [0.4, 0.5) is 0 Å². The fourth-order valence-electron chi connectivity index (χ4n) is 3.18. The molecule has 0 atom stereocenters. The van der Waals surface area contributed by atoms with Crippen molar-refractivity contribution >= 4 is 5.96 Å². The van der Waals surface area contributed by atoms with Gasteiger partial charge in [0.25, 0.3) is 0 Å². The van der Waals surface area contributed by atoms with E-state index < -0.39 is 0 Å². The van der Waals surface area contributed by atoms with E-state index in [0.717, 1.165) is 35.9 Å². The lowest BCUT2D eigenvalue weighted by Crippen LogP contribution is -2.38. The van der Waals surface area contributed by atoms with E-state index in [0.29, 0.717) is 26.4 Å². The van der Waals surface area contributed by atoms with Gasteiger partial charge in [0.2, 0.25) is 0 Å². The molecule has 2 aromatic rings. The normalized spacial score (nSPS) is 11.6. The number of aliphatic imine (C=N–C) groups is 1. The molecule has 2 N–H and O–H groups in total. The van der Waals surface area contributed by atoms with Gasteiger partial charge in [-0.15, -0.1) is 0 Å². The van der Waals surface area contributed by atoms with Crippen molar-refractivity contribution in [1.29, 1.82) is 0 Å². The Bertz CT molecular complexity index is 814. The first-order valence-electron chi connectivity index (χ1n) is 10.2. The van der Waals surface area contributed by atoms with Crippen molar-refractivity contribution in [3.05, 3.63) is 46.3 Å². The Labute approximate surface area is 174 Å². The van der Waals surface area contributed by atoms with Gasteiger partial charge in [0.15, 0.2) is 5.96 Å². The molecule has 1 aromatic heterocycles. The Morgan fingerprint density at radius 3 is 2.62 bits per heavy atom. The highest BCUT2D eigenvalue weighted by Crippen LogP contribution is 2.20. The molecule has 7 nitrogen and oxygen atoms in total. The molecule has 0 radical (unpaired) electrons. The zero-order chi connectivity index (χ0) is 21.2. The molecule has 0 aliphatic heterocycles. The predicted octanol–water partition coefficient (Wildman–Crippen LogP) is 2.67. The van der Waals surface area contributed by atoms with E-state index in [1.165, 1.54) is 16.8 Å². The second-order valence-electron chi connectivity index (χ2n) is 7.03. The van der Waals surface area contributed by atoms with E-state index in [-0.39, 0.29) is 0 Å². The maximum absolute atomic E-state index is 5.92. The summed E-state index contributed by atoms with van der Waals surface area (Å²) in [5.74, 6) is 1.65. The fraction of sp³-hybridized carbons (Fsp3) is 0.545. The summed E-state index contributed by atoms with van der Waals surface area (Å²) in [7, 11) is 3.76. The van der Waals surface area contributed by atoms with E-state index in [9.17, 15) is 0 Å². The number of nitrogens with one attached hydrogen (secondary N) is 2. The first-order chi connectivity index (χ1) is 14.0. The van der Waals surface area contributed by atoms with Gasteiger partial charge in [-0.05, 0) is 51.3 Å². The largest absolute Gasteiger partial charge is 0.491 e. The zero-order valence-electron chi connectivity index (χ0n) is 18.6. The average Bonchev–Trinajstić information content (AvgIpc) is 2.94. The van der Waals surface area contributed by atoms with Gasteiger partial charge >= 0.3 is 0 Å². The first-order valence-corrected chi connectivity index (χ1v) is 10.2. The zero-order valence-corrected chi connectivity index (χ0v) is 18.6. The minimum absolute atomic E-state index is 0.543. The average molecular weight is 402 g/mol. The Morgan fingerprint density at radius 1 is 1.17 bits per heavy atom. The van der Waals surface area contributed by atoms with E-state index in [1.807, 2.05) is 18.7 Å². The second kappa shape index (κ2) is 11.5. The summed E-state index contributed by atoms with van der Waals surface area (Å²) in [5.41, 5.74) is 5.85. The predicted molar refractivity (Wildman–Crippen MR) is 118 cm³/mol.